The number of anilines is 1. The van der Waals surface area contributed by atoms with E-state index < -0.39 is 6.18 Å². The van der Waals surface area contributed by atoms with Crippen molar-refractivity contribution >= 4 is 11.9 Å². The Hall–Kier alpha value is -2.90. The van der Waals surface area contributed by atoms with Crippen molar-refractivity contribution in [1.82, 2.24) is 0 Å². The standard InChI is InChI=1S/C16H15F3N4O/c1-23(22-21-20-12-16(17,18)19)14-7-9-15(10-8-14)24-11-13-5-3-2-4-6-13/h2-10,12H,11H2,1H3/b20-12+,22-21-. The van der Waals surface area contributed by atoms with E-state index >= 15 is 0 Å². The maximum absolute atomic E-state index is 11.9. The first-order valence-electron chi connectivity index (χ1n) is 6.96. The molecule has 0 amide bonds. The van der Waals surface area contributed by atoms with Crippen LogP contribution in [0.25, 0.3) is 0 Å². The van der Waals surface area contributed by atoms with E-state index in [1.807, 2.05) is 30.3 Å². The van der Waals surface area contributed by atoms with Crippen LogP contribution in [0.4, 0.5) is 18.9 Å². The fourth-order valence-electron chi connectivity index (χ4n) is 1.73. The van der Waals surface area contributed by atoms with Crippen LogP contribution in [-0.4, -0.2) is 19.4 Å². The van der Waals surface area contributed by atoms with E-state index in [1.165, 1.54) is 5.01 Å². The number of hydrogen-bond donors (Lipinski definition) is 0. The van der Waals surface area contributed by atoms with Crippen LogP contribution < -0.4 is 9.75 Å². The first-order chi connectivity index (χ1) is 11.4. The minimum atomic E-state index is -4.50. The number of hydrogen-bond acceptors (Lipinski definition) is 3. The molecule has 0 saturated heterocycles. The van der Waals surface area contributed by atoms with Gasteiger partial charge >= 0.3 is 6.18 Å². The molecule has 0 fully saturated rings. The Bertz CT molecular complexity index is 685. The Labute approximate surface area is 137 Å². The largest absolute Gasteiger partial charge is 0.489 e. The van der Waals surface area contributed by atoms with Crippen molar-refractivity contribution < 1.29 is 17.9 Å². The molecule has 0 saturated carbocycles. The van der Waals surface area contributed by atoms with E-state index in [0.29, 0.717) is 18.0 Å². The SMILES string of the molecule is CN(/N=N\N=C\C(F)(F)F)c1ccc(OCc2ccccc2)cc1. The topological polar surface area (TPSA) is 49.5 Å². The number of halogens is 3. The summed E-state index contributed by atoms with van der Waals surface area (Å²) in [6.07, 6.45) is -4.74. The third-order valence-electron chi connectivity index (χ3n) is 2.89. The molecule has 8 heteroatoms. The molecule has 0 atom stereocenters. The van der Waals surface area contributed by atoms with Gasteiger partial charge in [-0.15, -0.1) is 5.10 Å². The highest BCUT2D eigenvalue weighted by molar-refractivity contribution is 5.63. The lowest BCUT2D eigenvalue weighted by Gasteiger charge is -2.12. The van der Waals surface area contributed by atoms with Crippen molar-refractivity contribution in [3.63, 3.8) is 0 Å². The lowest BCUT2D eigenvalue weighted by Crippen LogP contribution is -2.09. The fourth-order valence-corrected chi connectivity index (χ4v) is 1.73. The normalized spacial score (nSPS) is 12.0. The molecule has 0 aliphatic heterocycles. The van der Waals surface area contributed by atoms with E-state index in [4.69, 9.17) is 4.74 Å². The number of ether oxygens (including phenoxy) is 1. The lowest BCUT2D eigenvalue weighted by molar-refractivity contribution is -0.0537. The molecule has 0 aliphatic rings. The average molecular weight is 336 g/mol. The van der Waals surface area contributed by atoms with Crippen LogP contribution in [0.2, 0.25) is 0 Å². The molecular weight excluding hydrogens is 321 g/mol. The zero-order valence-electron chi connectivity index (χ0n) is 12.8. The van der Waals surface area contributed by atoms with E-state index in [1.54, 1.807) is 31.3 Å². The molecule has 0 aliphatic carbocycles. The summed E-state index contributed by atoms with van der Waals surface area (Å²) in [5.74, 6) is 0.669. The van der Waals surface area contributed by atoms with E-state index in [9.17, 15) is 13.2 Å². The Balaban J connectivity index is 1.89. The van der Waals surface area contributed by atoms with Crippen LogP contribution in [0.3, 0.4) is 0 Å². The van der Waals surface area contributed by atoms with Gasteiger partial charge in [0.25, 0.3) is 0 Å². The Morgan fingerprint density at radius 2 is 1.71 bits per heavy atom. The first kappa shape index (κ1) is 17.5. The van der Waals surface area contributed by atoms with Crippen molar-refractivity contribution in [2.45, 2.75) is 12.8 Å². The predicted octanol–water partition coefficient (Wildman–Crippen LogP) is 4.62. The summed E-state index contributed by atoms with van der Waals surface area (Å²) < 4.78 is 41.2. The fraction of sp³-hybridized carbons (Fsp3) is 0.188. The zero-order valence-corrected chi connectivity index (χ0v) is 12.8. The van der Waals surface area contributed by atoms with Gasteiger partial charge in [0, 0.05) is 7.05 Å². The third-order valence-corrected chi connectivity index (χ3v) is 2.89. The maximum atomic E-state index is 11.9. The van der Waals surface area contributed by atoms with Crippen LogP contribution in [0, 0.1) is 0 Å². The van der Waals surface area contributed by atoms with E-state index in [-0.39, 0.29) is 6.21 Å². The molecule has 2 aromatic rings. The van der Waals surface area contributed by atoms with Gasteiger partial charge in [-0.05, 0) is 40.3 Å². The van der Waals surface area contributed by atoms with E-state index in [2.05, 4.69) is 15.5 Å². The highest BCUT2D eigenvalue weighted by atomic mass is 19.4. The number of benzene rings is 2. The van der Waals surface area contributed by atoms with Crippen LogP contribution >= 0.6 is 0 Å². The molecule has 24 heavy (non-hydrogen) atoms. The summed E-state index contributed by atoms with van der Waals surface area (Å²) in [6.45, 7) is 0.446. The molecule has 0 unspecified atom stereocenters. The second kappa shape index (κ2) is 8.09. The smallest absolute Gasteiger partial charge is 0.428 e. The average Bonchev–Trinajstić information content (AvgIpc) is 2.57. The van der Waals surface area contributed by atoms with Crippen molar-refractivity contribution in [3.8, 4) is 5.75 Å². The van der Waals surface area contributed by atoms with Gasteiger partial charge in [-0.2, -0.15) is 13.2 Å². The Morgan fingerprint density at radius 3 is 2.33 bits per heavy atom. The molecular formula is C16H15F3N4O. The summed E-state index contributed by atoms with van der Waals surface area (Å²) in [7, 11) is 1.55. The van der Waals surface area contributed by atoms with Gasteiger partial charge in [0.2, 0.25) is 0 Å². The number of alkyl halides is 3. The molecule has 0 heterocycles. The highest BCUT2D eigenvalue weighted by Crippen LogP contribution is 2.20. The minimum Gasteiger partial charge on any atom is -0.489 e. The summed E-state index contributed by atoms with van der Waals surface area (Å²) in [4.78, 5) is 0. The van der Waals surface area contributed by atoms with Gasteiger partial charge in [0.1, 0.15) is 18.6 Å². The summed E-state index contributed by atoms with van der Waals surface area (Å²) in [5, 5.41) is 10.8. The van der Waals surface area contributed by atoms with Gasteiger partial charge in [-0.3, -0.25) is 0 Å². The molecule has 0 N–H and O–H groups in total. The van der Waals surface area contributed by atoms with Crippen molar-refractivity contribution in [2.75, 3.05) is 12.1 Å². The number of rotatable bonds is 6. The van der Waals surface area contributed by atoms with Gasteiger partial charge in [0.15, 0.2) is 0 Å². The molecule has 0 radical (unpaired) electrons. The van der Waals surface area contributed by atoms with Gasteiger partial charge < -0.3 is 4.74 Å². The maximum Gasteiger partial charge on any atom is 0.428 e. The molecule has 0 aromatic heterocycles. The molecule has 2 rings (SSSR count). The third kappa shape index (κ3) is 6.07. The second-order valence-electron chi connectivity index (χ2n) is 4.76. The second-order valence-corrected chi connectivity index (χ2v) is 4.76. The van der Waals surface area contributed by atoms with Gasteiger partial charge in [-0.1, -0.05) is 30.3 Å². The van der Waals surface area contributed by atoms with Crippen LogP contribution in [0.5, 0.6) is 5.75 Å². The quantitative estimate of drug-likeness (QED) is 0.439. The zero-order chi connectivity index (χ0) is 17.4. The van der Waals surface area contributed by atoms with Crippen molar-refractivity contribution in [3.05, 3.63) is 60.2 Å². The van der Waals surface area contributed by atoms with Gasteiger partial charge in [0.05, 0.1) is 5.69 Å². The van der Waals surface area contributed by atoms with Crippen molar-refractivity contribution in [2.24, 2.45) is 15.5 Å². The van der Waals surface area contributed by atoms with Crippen LogP contribution in [0.1, 0.15) is 5.56 Å². The highest BCUT2D eigenvalue weighted by Gasteiger charge is 2.23. The van der Waals surface area contributed by atoms with Crippen LogP contribution in [0.15, 0.2) is 70.1 Å². The minimum absolute atomic E-state index is 0.231. The molecule has 0 spiro atoms. The first-order valence-corrected chi connectivity index (χ1v) is 6.96. The van der Waals surface area contributed by atoms with E-state index in [0.717, 1.165) is 5.56 Å². The molecule has 2 aromatic carbocycles. The number of nitrogens with zero attached hydrogens (tertiary/aromatic N) is 4. The van der Waals surface area contributed by atoms with Crippen molar-refractivity contribution in [1.29, 1.82) is 0 Å². The summed E-state index contributed by atoms with van der Waals surface area (Å²) in [6, 6.07) is 16.6. The molecule has 5 nitrogen and oxygen atoms in total. The van der Waals surface area contributed by atoms with Gasteiger partial charge in [-0.25, -0.2) is 5.01 Å². The lowest BCUT2D eigenvalue weighted by atomic mass is 10.2. The summed E-state index contributed by atoms with van der Waals surface area (Å²) >= 11 is 0. The predicted molar refractivity (Wildman–Crippen MR) is 85.0 cm³/mol. The van der Waals surface area contributed by atoms with Crippen LogP contribution in [-0.2, 0) is 6.61 Å². The monoisotopic (exact) mass is 336 g/mol. The Morgan fingerprint density at radius 1 is 1.04 bits per heavy atom. The molecule has 126 valence electrons. The Kier molecular flexibility index (Phi) is 5.89. The molecule has 0 bridgehead atoms. The summed E-state index contributed by atoms with van der Waals surface area (Å²) in [5.41, 5.74) is 1.68.